The van der Waals surface area contributed by atoms with Gasteiger partial charge in [0.15, 0.2) is 0 Å². The quantitative estimate of drug-likeness (QED) is 0.856. The van der Waals surface area contributed by atoms with Crippen LogP contribution in [0.2, 0.25) is 0 Å². The summed E-state index contributed by atoms with van der Waals surface area (Å²) in [6.07, 6.45) is 0.643. The van der Waals surface area contributed by atoms with E-state index in [1.165, 1.54) is 0 Å². The Morgan fingerprint density at radius 2 is 1.88 bits per heavy atom. The number of anilines is 2. The molecule has 9 heteroatoms. The van der Waals surface area contributed by atoms with E-state index in [9.17, 15) is 8.42 Å². The number of nitrogens with one attached hydrogen (secondary N) is 1. The van der Waals surface area contributed by atoms with Crippen molar-refractivity contribution in [3.63, 3.8) is 0 Å². The normalized spacial score (nSPS) is 16.6. The summed E-state index contributed by atoms with van der Waals surface area (Å²) in [7, 11) is 0.686. The van der Waals surface area contributed by atoms with Crippen LogP contribution in [0.5, 0.6) is 0 Å². The molecule has 1 aliphatic rings. The molecule has 0 aromatic carbocycles. The third-order valence-electron chi connectivity index (χ3n) is 4.38. The predicted molar refractivity (Wildman–Crippen MR) is 101 cm³/mol. The second kappa shape index (κ2) is 6.80. The average Bonchev–Trinajstić information content (AvgIpc) is 2.94. The fourth-order valence-corrected chi connectivity index (χ4v) is 4.61. The molecule has 0 aliphatic carbocycles. The Kier molecular flexibility index (Phi) is 4.88. The number of nitrogens with zero attached hydrogens (tertiary/aromatic N) is 5. The van der Waals surface area contributed by atoms with Crippen LogP contribution in [0, 0.1) is 6.92 Å². The first-order valence-corrected chi connectivity index (χ1v) is 10.2. The number of aromatic amines is 1. The molecule has 2 aromatic rings. The van der Waals surface area contributed by atoms with Crippen molar-refractivity contribution in [1.82, 2.24) is 19.3 Å². The van der Waals surface area contributed by atoms with Crippen molar-refractivity contribution < 1.29 is 8.42 Å². The lowest BCUT2D eigenvalue weighted by atomic mass is 10.3. The summed E-state index contributed by atoms with van der Waals surface area (Å²) in [5, 5.41) is 0.980. The minimum Gasteiger partial charge on any atom is -0.353 e. The average molecular weight is 366 g/mol. The number of rotatable bonds is 5. The highest BCUT2D eigenvalue weighted by Gasteiger charge is 2.28. The molecule has 1 aliphatic heterocycles. The van der Waals surface area contributed by atoms with E-state index in [-0.39, 0.29) is 5.75 Å². The molecule has 0 atom stereocenters. The number of aryl methyl sites for hydroxylation is 1. The highest BCUT2D eigenvalue weighted by Crippen LogP contribution is 2.28. The Hall–Kier alpha value is -1.87. The lowest BCUT2D eigenvalue weighted by Gasteiger charge is -2.35. The summed E-state index contributed by atoms with van der Waals surface area (Å²) >= 11 is 0. The van der Waals surface area contributed by atoms with Crippen LogP contribution in [0.1, 0.15) is 19.0 Å². The fourth-order valence-electron chi connectivity index (χ4n) is 3.12. The van der Waals surface area contributed by atoms with Gasteiger partial charge in [0.25, 0.3) is 0 Å². The molecule has 2 aromatic heterocycles. The standard InChI is InChI=1S/C16H26N6O2S/c1-5-10-25(23,24)22-8-6-21(7-9-22)15-13-11-12(2)17-14(13)18-16(19-15)20(3)4/h11H,5-10H2,1-4H3,(H,17,18,19). The molecule has 0 bridgehead atoms. The van der Waals surface area contributed by atoms with Gasteiger partial charge < -0.3 is 14.8 Å². The summed E-state index contributed by atoms with van der Waals surface area (Å²) < 4.78 is 26.1. The molecular weight excluding hydrogens is 340 g/mol. The van der Waals surface area contributed by atoms with Crippen molar-refractivity contribution in [3.8, 4) is 0 Å². The van der Waals surface area contributed by atoms with Crippen LogP contribution in [0.3, 0.4) is 0 Å². The molecule has 8 nitrogen and oxygen atoms in total. The molecule has 1 saturated heterocycles. The van der Waals surface area contributed by atoms with Gasteiger partial charge >= 0.3 is 0 Å². The molecule has 25 heavy (non-hydrogen) atoms. The second-order valence-electron chi connectivity index (χ2n) is 6.66. The molecule has 0 saturated carbocycles. The topological polar surface area (TPSA) is 85.4 Å². The summed E-state index contributed by atoms with van der Waals surface area (Å²) in [6, 6.07) is 2.05. The van der Waals surface area contributed by atoms with Gasteiger partial charge in [0.05, 0.1) is 11.1 Å². The van der Waals surface area contributed by atoms with E-state index in [1.54, 1.807) is 4.31 Å². The summed E-state index contributed by atoms with van der Waals surface area (Å²) in [6.45, 7) is 6.14. The van der Waals surface area contributed by atoms with Crippen molar-refractivity contribution in [3.05, 3.63) is 11.8 Å². The zero-order valence-electron chi connectivity index (χ0n) is 15.3. The number of hydrogen-bond donors (Lipinski definition) is 1. The van der Waals surface area contributed by atoms with E-state index in [0.29, 0.717) is 38.5 Å². The highest BCUT2D eigenvalue weighted by atomic mass is 32.2. The molecule has 3 heterocycles. The van der Waals surface area contributed by atoms with E-state index in [2.05, 4.69) is 14.9 Å². The molecule has 3 rings (SSSR count). The lowest BCUT2D eigenvalue weighted by Crippen LogP contribution is -2.49. The highest BCUT2D eigenvalue weighted by molar-refractivity contribution is 7.89. The van der Waals surface area contributed by atoms with Gasteiger partial charge in [0.2, 0.25) is 16.0 Å². The number of fused-ring (bicyclic) bond motifs is 1. The molecule has 0 amide bonds. The number of sulfonamides is 1. The Bertz CT molecular complexity index is 853. The van der Waals surface area contributed by atoms with Crippen LogP contribution in [0.15, 0.2) is 6.07 Å². The van der Waals surface area contributed by atoms with Gasteiger partial charge in [-0.15, -0.1) is 0 Å². The smallest absolute Gasteiger partial charge is 0.228 e. The van der Waals surface area contributed by atoms with E-state index in [4.69, 9.17) is 4.98 Å². The minimum atomic E-state index is -3.14. The zero-order chi connectivity index (χ0) is 18.2. The van der Waals surface area contributed by atoms with Crippen molar-refractivity contribution in [2.75, 3.05) is 55.8 Å². The first-order valence-electron chi connectivity index (χ1n) is 8.59. The SMILES string of the molecule is CCCS(=O)(=O)N1CCN(c2nc(N(C)C)nc3[nH]c(C)cc23)CC1. The number of H-pyrrole nitrogens is 1. The van der Waals surface area contributed by atoms with E-state index in [0.717, 1.165) is 22.5 Å². The lowest BCUT2D eigenvalue weighted by molar-refractivity contribution is 0.384. The molecule has 1 fully saturated rings. The first-order chi connectivity index (χ1) is 11.8. The van der Waals surface area contributed by atoms with Crippen LogP contribution in [0.4, 0.5) is 11.8 Å². The molecule has 0 spiro atoms. The Morgan fingerprint density at radius 1 is 1.20 bits per heavy atom. The first kappa shape index (κ1) is 17.9. The fraction of sp³-hybridized carbons (Fsp3) is 0.625. The van der Waals surface area contributed by atoms with Crippen LogP contribution >= 0.6 is 0 Å². The van der Waals surface area contributed by atoms with Gasteiger partial charge in [-0.1, -0.05) is 6.92 Å². The maximum atomic E-state index is 12.3. The van der Waals surface area contributed by atoms with Crippen molar-refractivity contribution >= 4 is 32.8 Å². The van der Waals surface area contributed by atoms with Crippen LogP contribution in [-0.4, -0.2) is 73.7 Å². The largest absolute Gasteiger partial charge is 0.353 e. The van der Waals surface area contributed by atoms with Gasteiger partial charge in [0.1, 0.15) is 11.5 Å². The van der Waals surface area contributed by atoms with Gasteiger partial charge in [-0.3, -0.25) is 0 Å². The van der Waals surface area contributed by atoms with E-state index >= 15 is 0 Å². The predicted octanol–water partition coefficient (Wildman–Crippen LogP) is 1.19. The molecule has 0 unspecified atom stereocenters. The van der Waals surface area contributed by atoms with Gasteiger partial charge in [-0.25, -0.2) is 8.42 Å². The number of hydrogen-bond acceptors (Lipinski definition) is 6. The maximum Gasteiger partial charge on any atom is 0.228 e. The third-order valence-corrected chi connectivity index (χ3v) is 6.46. The molecule has 138 valence electrons. The summed E-state index contributed by atoms with van der Waals surface area (Å²) in [5.41, 5.74) is 1.85. The van der Waals surface area contributed by atoms with Crippen LogP contribution in [-0.2, 0) is 10.0 Å². The zero-order valence-corrected chi connectivity index (χ0v) is 16.1. The Labute approximate surface area is 148 Å². The molecule has 0 radical (unpaired) electrons. The number of aromatic nitrogens is 3. The monoisotopic (exact) mass is 366 g/mol. The van der Waals surface area contributed by atoms with E-state index in [1.807, 2.05) is 38.9 Å². The van der Waals surface area contributed by atoms with Crippen LogP contribution in [0.25, 0.3) is 11.0 Å². The van der Waals surface area contributed by atoms with Gasteiger partial charge in [-0.2, -0.15) is 14.3 Å². The molecule has 1 N–H and O–H groups in total. The van der Waals surface area contributed by atoms with Gasteiger partial charge in [0, 0.05) is 46.0 Å². The minimum absolute atomic E-state index is 0.215. The van der Waals surface area contributed by atoms with E-state index < -0.39 is 10.0 Å². The van der Waals surface area contributed by atoms with Crippen molar-refractivity contribution in [2.45, 2.75) is 20.3 Å². The number of piperazine rings is 1. The second-order valence-corrected chi connectivity index (χ2v) is 8.75. The summed E-state index contributed by atoms with van der Waals surface area (Å²) in [5.74, 6) is 1.72. The van der Waals surface area contributed by atoms with Crippen LogP contribution < -0.4 is 9.80 Å². The Balaban J connectivity index is 1.88. The van der Waals surface area contributed by atoms with Gasteiger partial charge in [-0.05, 0) is 19.4 Å². The summed E-state index contributed by atoms with van der Waals surface area (Å²) in [4.78, 5) is 16.6. The van der Waals surface area contributed by atoms with Crippen molar-refractivity contribution in [1.29, 1.82) is 0 Å². The third kappa shape index (κ3) is 3.57. The van der Waals surface area contributed by atoms with Crippen molar-refractivity contribution in [2.24, 2.45) is 0 Å². The maximum absolute atomic E-state index is 12.3. The molecular formula is C16H26N6O2S. The Morgan fingerprint density at radius 3 is 2.48 bits per heavy atom.